The standard InChI is InChI=1S/C11H8ClN3/c1-8-6-14-15(7-8)10-3-2-9(5-13)11(12)4-10/h2-4,6-7H,1H3. The molecule has 0 fully saturated rings. The minimum absolute atomic E-state index is 0.447. The van der Waals surface area contributed by atoms with Crippen molar-refractivity contribution in [3.05, 3.63) is 46.7 Å². The monoisotopic (exact) mass is 217 g/mol. The molecule has 0 aliphatic carbocycles. The number of rotatable bonds is 1. The normalized spacial score (nSPS) is 9.93. The summed E-state index contributed by atoms with van der Waals surface area (Å²) >= 11 is 5.92. The fourth-order valence-corrected chi connectivity index (χ4v) is 1.51. The predicted octanol–water partition coefficient (Wildman–Crippen LogP) is 2.71. The largest absolute Gasteiger partial charge is 0.241 e. The van der Waals surface area contributed by atoms with Crippen LogP contribution >= 0.6 is 11.6 Å². The molecule has 0 aliphatic rings. The van der Waals surface area contributed by atoms with Gasteiger partial charge in [0.25, 0.3) is 0 Å². The second kappa shape index (κ2) is 3.76. The maximum atomic E-state index is 8.73. The van der Waals surface area contributed by atoms with Gasteiger partial charge in [-0.2, -0.15) is 10.4 Å². The van der Waals surface area contributed by atoms with Crippen LogP contribution in [0, 0.1) is 18.3 Å². The molecule has 0 unspecified atom stereocenters. The summed E-state index contributed by atoms with van der Waals surface area (Å²) in [7, 11) is 0. The van der Waals surface area contributed by atoms with E-state index in [1.165, 1.54) is 0 Å². The number of aryl methyl sites for hydroxylation is 1. The molecule has 0 saturated carbocycles. The highest BCUT2D eigenvalue weighted by molar-refractivity contribution is 6.31. The summed E-state index contributed by atoms with van der Waals surface area (Å²) in [5.74, 6) is 0. The van der Waals surface area contributed by atoms with E-state index in [1.54, 1.807) is 23.0 Å². The van der Waals surface area contributed by atoms with E-state index in [0.29, 0.717) is 10.6 Å². The van der Waals surface area contributed by atoms with E-state index in [0.717, 1.165) is 11.3 Å². The van der Waals surface area contributed by atoms with Crippen LogP contribution in [0.1, 0.15) is 11.1 Å². The van der Waals surface area contributed by atoms with E-state index in [2.05, 4.69) is 5.10 Å². The number of nitriles is 1. The van der Waals surface area contributed by atoms with Gasteiger partial charge >= 0.3 is 0 Å². The Balaban J connectivity index is 2.48. The van der Waals surface area contributed by atoms with Gasteiger partial charge in [-0.05, 0) is 30.7 Å². The third-order valence-electron chi connectivity index (χ3n) is 2.05. The first-order valence-electron chi connectivity index (χ1n) is 4.42. The van der Waals surface area contributed by atoms with E-state index in [4.69, 9.17) is 16.9 Å². The molecule has 0 saturated heterocycles. The highest BCUT2D eigenvalue weighted by Crippen LogP contribution is 2.19. The molecule has 0 N–H and O–H groups in total. The van der Waals surface area contributed by atoms with Gasteiger partial charge in [-0.15, -0.1) is 0 Å². The fraction of sp³-hybridized carbons (Fsp3) is 0.0909. The minimum atomic E-state index is 0.447. The second-order valence-corrected chi connectivity index (χ2v) is 3.65. The smallest absolute Gasteiger partial charge is 0.101 e. The summed E-state index contributed by atoms with van der Waals surface area (Å²) < 4.78 is 1.72. The van der Waals surface area contributed by atoms with Gasteiger partial charge in [0.15, 0.2) is 0 Å². The predicted molar refractivity (Wildman–Crippen MR) is 58.0 cm³/mol. The van der Waals surface area contributed by atoms with Crippen molar-refractivity contribution in [3.8, 4) is 11.8 Å². The third-order valence-corrected chi connectivity index (χ3v) is 2.36. The molecule has 1 heterocycles. The molecular formula is C11H8ClN3. The molecule has 1 aromatic heterocycles. The minimum Gasteiger partial charge on any atom is -0.241 e. The van der Waals surface area contributed by atoms with Crippen molar-refractivity contribution in [1.82, 2.24) is 9.78 Å². The Labute approximate surface area is 92.5 Å². The molecule has 2 aromatic rings. The van der Waals surface area contributed by atoms with Crippen molar-refractivity contribution < 1.29 is 0 Å². The lowest BCUT2D eigenvalue weighted by Crippen LogP contribution is -1.94. The lowest BCUT2D eigenvalue weighted by Gasteiger charge is -2.02. The molecule has 0 atom stereocenters. The first-order valence-corrected chi connectivity index (χ1v) is 4.80. The quantitative estimate of drug-likeness (QED) is 0.737. The molecule has 0 bridgehead atoms. The van der Waals surface area contributed by atoms with Crippen molar-refractivity contribution in [2.75, 3.05) is 0 Å². The third kappa shape index (κ3) is 1.85. The molecule has 3 nitrogen and oxygen atoms in total. The maximum absolute atomic E-state index is 8.73. The van der Waals surface area contributed by atoms with Gasteiger partial charge in [-0.1, -0.05) is 11.6 Å². The summed E-state index contributed by atoms with van der Waals surface area (Å²) in [6.07, 6.45) is 3.67. The Morgan fingerprint density at radius 3 is 2.80 bits per heavy atom. The van der Waals surface area contributed by atoms with Crippen molar-refractivity contribution in [1.29, 1.82) is 5.26 Å². The van der Waals surface area contributed by atoms with Crippen molar-refractivity contribution in [2.45, 2.75) is 6.92 Å². The molecule has 15 heavy (non-hydrogen) atoms. The first kappa shape index (κ1) is 9.75. The lowest BCUT2D eigenvalue weighted by atomic mass is 10.2. The number of aromatic nitrogens is 2. The van der Waals surface area contributed by atoms with Crippen LogP contribution in [0.15, 0.2) is 30.6 Å². The molecule has 2 rings (SSSR count). The first-order chi connectivity index (χ1) is 7.20. The van der Waals surface area contributed by atoms with E-state index >= 15 is 0 Å². The number of benzene rings is 1. The van der Waals surface area contributed by atoms with Crippen molar-refractivity contribution >= 4 is 11.6 Å². The second-order valence-electron chi connectivity index (χ2n) is 3.24. The van der Waals surface area contributed by atoms with Gasteiger partial charge in [0.2, 0.25) is 0 Å². The zero-order valence-electron chi connectivity index (χ0n) is 8.11. The van der Waals surface area contributed by atoms with Gasteiger partial charge in [0, 0.05) is 6.20 Å². The number of hydrogen-bond acceptors (Lipinski definition) is 2. The highest BCUT2D eigenvalue weighted by Gasteiger charge is 2.03. The highest BCUT2D eigenvalue weighted by atomic mass is 35.5. The molecule has 74 valence electrons. The molecule has 1 aromatic carbocycles. The van der Waals surface area contributed by atoms with E-state index in [9.17, 15) is 0 Å². The number of nitrogens with zero attached hydrogens (tertiary/aromatic N) is 3. The van der Waals surface area contributed by atoms with Crippen LogP contribution in [-0.2, 0) is 0 Å². The van der Waals surface area contributed by atoms with Crippen LogP contribution in [-0.4, -0.2) is 9.78 Å². The van der Waals surface area contributed by atoms with Crippen LogP contribution < -0.4 is 0 Å². The van der Waals surface area contributed by atoms with Gasteiger partial charge in [-0.25, -0.2) is 4.68 Å². The fourth-order valence-electron chi connectivity index (χ4n) is 1.29. The van der Waals surface area contributed by atoms with Gasteiger partial charge in [-0.3, -0.25) is 0 Å². The van der Waals surface area contributed by atoms with Gasteiger partial charge in [0.05, 0.1) is 22.5 Å². The summed E-state index contributed by atoms with van der Waals surface area (Å²) in [6.45, 7) is 1.97. The average Bonchev–Trinajstić information content (AvgIpc) is 2.65. The summed E-state index contributed by atoms with van der Waals surface area (Å²) in [5.41, 5.74) is 2.41. The van der Waals surface area contributed by atoms with Crippen LogP contribution in [0.2, 0.25) is 5.02 Å². The van der Waals surface area contributed by atoms with Gasteiger partial charge in [0.1, 0.15) is 6.07 Å². The Bertz CT molecular complexity index is 537. The van der Waals surface area contributed by atoms with E-state index in [1.807, 2.05) is 25.3 Å². The van der Waals surface area contributed by atoms with E-state index < -0.39 is 0 Å². The molecular weight excluding hydrogens is 210 g/mol. The Morgan fingerprint density at radius 2 is 2.27 bits per heavy atom. The maximum Gasteiger partial charge on any atom is 0.101 e. The molecule has 0 spiro atoms. The zero-order chi connectivity index (χ0) is 10.8. The topological polar surface area (TPSA) is 41.6 Å². The molecule has 0 amide bonds. The SMILES string of the molecule is Cc1cnn(-c2ccc(C#N)c(Cl)c2)c1. The molecule has 0 aliphatic heterocycles. The van der Waals surface area contributed by atoms with Crippen molar-refractivity contribution in [3.63, 3.8) is 0 Å². The van der Waals surface area contributed by atoms with Crippen LogP contribution in [0.4, 0.5) is 0 Å². The van der Waals surface area contributed by atoms with Crippen LogP contribution in [0.3, 0.4) is 0 Å². The molecule has 0 radical (unpaired) electrons. The van der Waals surface area contributed by atoms with Crippen LogP contribution in [0.5, 0.6) is 0 Å². The van der Waals surface area contributed by atoms with Crippen molar-refractivity contribution in [2.24, 2.45) is 0 Å². The van der Waals surface area contributed by atoms with E-state index in [-0.39, 0.29) is 0 Å². The Kier molecular flexibility index (Phi) is 2.44. The lowest BCUT2D eigenvalue weighted by molar-refractivity contribution is 0.880. The Morgan fingerprint density at radius 1 is 1.47 bits per heavy atom. The summed E-state index contributed by atoms with van der Waals surface area (Å²) in [6, 6.07) is 7.25. The summed E-state index contributed by atoms with van der Waals surface area (Å²) in [5, 5.41) is 13.3. The molecule has 4 heteroatoms. The van der Waals surface area contributed by atoms with Gasteiger partial charge < -0.3 is 0 Å². The average molecular weight is 218 g/mol. The zero-order valence-corrected chi connectivity index (χ0v) is 8.86. The summed E-state index contributed by atoms with van der Waals surface area (Å²) in [4.78, 5) is 0. The Hall–Kier alpha value is -1.79. The van der Waals surface area contributed by atoms with Crippen LogP contribution in [0.25, 0.3) is 5.69 Å². The number of halogens is 1. The number of hydrogen-bond donors (Lipinski definition) is 0.